The van der Waals surface area contributed by atoms with Crippen molar-refractivity contribution in [3.63, 3.8) is 0 Å². The first kappa shape index (κ1) is 15.2. The number of thiophene rings is 1. The van der Waals surface area contributed by atoms with Gasteiger partial charge in [-0.15, -0.1) is 22.7 Å². The lowest BCUT2D eigenvalue weighted by atomic mass is 10.1. The Kier molecular flexibility index (Phi) is 4.29. The third-order valence-corrected chi connectivity index (χ3v) is 5.40. The van der Waals surface area contributed by atoms with Crippen molar-refractivity contribution in [2.45, 2.75) is 6.92 Å². The van der Waals surface area contributed by atoms with Gasteiger partial charge >= 0.3 is 0 Å². The van der Waals surface area contributed by atoms with Crippen LogP contribution in [0.1, 0.15) is 14.5 Å². The van der Waals surface area contributed by atoms with Gasteiger partial charge < -0.3 is 4.57 Å². The minimum atomic E-state index is -0.200. The Bertz CT molecular complexity index is 874. The molecule has 3 aromatic rings. The third kappa shape index (κ3) is 2.92. The van der Waals surface area contributed by atoms with Crippen LogP contribution < -0.4 is 4.80 Å². The number of halogens is 1. The maximum absolute atomic E-state index is 12.1. The Hall–Kier alpha value is -1.69. The number of aryl methyl sites for hydroxylation is 1. The lowest BCUT2D eigenvalue weighted by Gasteiger charge is -2.04. The van der Waals surface area contributed by atoms with Crippen LogP contribution in [0.2, 0.25) is 5.02 Å². The number of carbonyl (C=O) groups is 1. The molecular formula is C16H13ClN2OS2. The fourth-order valence-electron chi connectivity index (χ4n) is 2.23. The van der Waals surface area contributed by atoms with Gasteiger partial charge in [-0.25, -0.2) is 0 Å². The molecule has 0 spiro atoms. The average molecular weight is 349 g/mol. The van der Waals surface area contributed by atoms with Crippen LogP contribution in [-0.4, -0.2) is 10.5 Å². The Labute approximate surface area is 141 Å². The number of benzene rings is 1. The number of nitrogens with zero attached hydrogens (tertiary/aromatic N) is 2. The molecule has 1 aromatic carbocycles. The van der Waals surface area contributed by atoms with Gasteiger partial charge in [0.2, 0.25) is 0 Å². The van der Waals surface area contributed by atoms with Crippen LogP contribution >= 0.6 is 34.3 Å². The van der Waals surface area contributed by atoms with Crippen molar-refractivity contribution in [3.05, 3.63) is 61.4 Å². The highest BCUT2D eigenvalue weighted by Crippen LogP contribution is 2.25. The molecule has 3 nitrogen and oxygen atoms in total. The van der Waals surface area contributed by atoms with E-state index in [9.17, 15) is 4.79 Å². The molecule has 0 aliphatic rings. The van der Waals surface area contributed by atoms with Crippen molar-refractivity contribution in [3.8, 4) is 11.3 Å². The standard InChI is InChI=1S/C16H13ClN2OS2/c1-10-14(11-5-7-12(17)8-6-11)19(2)16(22-10)18-15(20)13-4-3-9-21-13/h3-9H,1-2H3. The van der Waals surface area contributed by atoms with Crippen molar-refractivity contribution >= 4 is 40.2 Å². The highest BCUT2D eigenvalue weighted by Gasteiger charge is 2.12. The number of thiazole rings is 1. The van der Waals surface area contributed by atoms with E-state index < -0.39 is 0 Å². The maximum atomic E-state index is 12.1. The number of amides is 1. The lowest BCUT2D eigenvalue weighted by molar-refractivity contribution is 0.100. The van der Waals surface area contributed by atoms with Gasteiger partial charge in [-0.05, 0) is 36.1 Å². The molecule has 3 rings (SSSR count). The summed E-state index contributed by atoms with van der Waals surface area (Å²) in [7, 11) is 1.92. The van der Waals surface area contributed by atoms with Crippen LogP contribution in [0.25, 0.3) is 11.3 Å². The fraction of sp³-hybridized carbons (Fsp3) is 0.125. The van der Waals surface area contributed by atoms with Gasteiger partial charge in [0.05, 0.1) is 10.6 Å². The SMILES string of the molecule is Cc1sc(=NC(=O)c2cccs2)n(C)c1-c1ccc(Cl)cc1. The van der Waals surface area contributed by atoms with Crippen molar-refractivity contribution in [1.29, 1.82) is 0 Å². The Morgan fingerprint density at radius 2 is 1.95 bits per heavy atom. The second-order valence-corrected chi connectivity index (χ2v) is 7.32. The summed E-state index contributed by atoms with van der Waals surface area (Å²) in [5.41, 5.74) is 2.12. The largest absolute Gasteiger partial charge is 0.319 e. The highest BCUT2D eigenvalue weighted by molar-refractivity contribution is 7.12. The van der Waals surface area contributed by atoms with Crippen molar-refractivity contribution < 1.29 is 4.79 Å². The molecule has 0 fully saturated rings. The van der Waals surface area contributed by atoms with Crippen LogP contribution in [0.15, 0.2) is 46.8 Å². The van der Waals surface area contributed by atoms with E-state index in [1.807, 2.05) is 54.3 Å². The average Bonchev–Trinajstić information content (AvgIpc) is 3.10. The summed E-state index contributed by atoms with van der Waals surface area (Å²) in [5, 5.41) is 2.58. The van der Waals surface area contributed by atoms with Crippen LogP contribution in [0.3, 0.4) is 0 Å². The second kappa shape index (κ2) is 6.20. The van der Waals surface area contributed by atoms with Crippen molar-refractivity contribution in [2.24, 2.45) is 12.0 Å². The molecule has 6 heteroatoms. The number of carbonyl (C=O) groups excluding carboxylic acids is 1. The fourth-order valence-corrected chi connectivity index (χ4v) is 3.95. The number of hydrogen-bond donors (Lipinski definition) is 0. The molecule has 0 bridgehead atoms. The summed E-state index contributed by atoms with van der Waals surface area (Å²) in [5.74, 6) is -0.200. The third-order valence-electron chi connectivity index (χ3n) is 3.25. The van der Waals surface area contributed by atoms with Gasteiger partial charge in [-0.2, -0.15) is 4.99 Å². The quantitative estimate of drug-likeness (QED) is 0.670. The van der Waals surface area contributed by atoms with Gasteiger partial charge in [0.15, 0.2) is 4.80 Å². The minimum absolute atomic E-state index is 0.200. The molecule has 22 heavy (non-hydrogen) atoms. The molecule has 0 aliphatic heterocycles. The van der Waals surface area contributed by atoms with E-state index in [4.69, 9.17) is 11.6 Å². The van der Waals surface area contributed by atoms with E-state index in [1.165, 1.54) is 22.7 Å². The first-order valence-corrected chi connectivity index (χ1v) is 8.68. The van der Waals surface area contributed by atoms with E-state index in [-0.39, 0.29) is 5.91 Å². The van der Waals surface area contributed by atoms with Gasteiger partial charge in [0.1, 0.15) is 0 Å². The molecule has 112 valence electrons. The van der Waals surface area contributed by atoms with E-state index in [1.54, 1.807) is 6.07 Å². The molecule has 0 saturated heterocycles. The van der Waals surface area contributed by atoms with E-state index in [2.05, 4.69) is 4.99 Å². The van der Waals surface area contributed by atoms with Crippen LogP contribution in [0, 0.1) is 6.92 Å². The predicted molar refractivity (Wildman–Crippen MR) is 92.7 cm³/mol. The summed E-state index contributed by atoms with van der Waals surface area (Å²) in [4.78, 5) is 18.9. The molecular weight excluding hydrogens is 336 g/mol. The zero-order valence-electron chi connectivity index (χ0n) is 12.0. The summed E-state index contributed by atoms with van der Waals surface area (Å²) < 4.78 is 1.95. The zero-order valence-corrected chi connectivity index (χ0v) is 14.4. The smallest absolute Gasteiger partial charge is 0.289 e. The Morgan fingerprint density at radius 1 is 1.23 bits per heavy atom. The predicted octanol–water partition coefficient (Wildman–Crippen LogP) is 4.52. The molecule has 0 radical (unpaired) electrons. The van der Waals surface area contributed by atoms with Crippen LogP contribution in [0.4, 0.5) is 0 Å². The summed E-state index contributed by atoms with van der Waals surface area (Å²) in [6, 6.07) is 11.3. The summed E-state index contributed by atoms with van der Waals surface area (Å²) >= 11 is 8.86. The van der Waals surface area contributed by atoms with Gasteiger partial charge in [-0.3, -0.25) is 4.79 Å². The van der Waals surface area contributed by atoms with Crippen LogP contribution in [-0.2, 0) is 7.05 Å². The second-order valence-electron chi connectivity index (χ2n) is 4.75. The molecule has 0 saturated carbocycles. The van der Waals surface area contributed by atoms with E-state index in [0.717, 1.165) is 16.1 Å². The van der Waals surface area contributed by atoms with Crippen LogP contribution in [0.5, 0.6) is 0 Å². The van der Waals surface area contributed by atoms with Crippen molar-refractivity contribution in [2.75, 3.05) is 0 Å². The Balaban J connectivity index is 2.07. The first-order valence-electron chi connectivity index (χ1n) is 6.61. The van der Waals surface area contributed by atoms with Crippen molar-refractivity contribution in [1.82, 2.24) is 4.57 Å². The number of rotatable bonds is 2. The monoisotopic (exact) mass is 348 g/mol. The highest BCUT2D eigenvalue weighted by atomic mass is 35.5. The van der Waals surface area contributed by atoms with Gasteiger partial charge in [-0.1, -0.05) is 29.8 Å². The minimum Gasteiger partial charge on any atom is -0.319 e. The van der Waals surface area contributed by atoms with Gasteiger partial charge in [0.25, 0.3) is 5.91 Å². The molecule has 0 unspecified atom stereocenters. The maximum Gasteiger partial charge on any atom is 0.289 e. The first-order chi connectivity index (χ1) is 10.6. The summed E-state index contributed by atoms with van der Waals surface area (Å²) in [6.45, 7) is 2.03. The molecule has 0 atom stereocenters. The molecule has 1 amide bonds. The molecule has 0 aliphatic carbocycles. The molecule has 0 N–H and O–H groups in total. The zero-order chi connectivity index (χ0) is 15.7. The van der Waals surface area contributed by atoms with E-state index in [0.29, 0.717) is 14.7 Å². The number of aromatic nitrogens is 1. The number of hydrogen-bond acceptors (Lipinski definition) is 3. The normalized spacial score (nSPS) is 11.9. The summed E-state index contributed by atoms with van der Waals surface area (Å²) in [6.07, 6.45) is 0. The lowest BCUT2D eigenvalue weighted by Crippen LogP contribution is -2.14. The topological polar surface area (TPSA) is 34.4 Å². The molecule has 2 heterocycles. The molecule has 2 aromatic heterocycles. The Morgan fingerprint density at radius 3 is 2.59 bits per heavy atom. The van der Waals surface area contributed by atoms with E-state index >= 15 is 0 Å². The van der Waals surface area contributed by atoms with Gasteiger partial charge in [0, 0.05) is 16.9 Å².